The summed E-state index contributed by atoms with van der Waals surface area (Å²) in [6.07, 6.45) is 7.21. The molecule has 80 valence electrons. The third-order valence-electron chi connectivity index (χ3n) is 3.16. The number of hydrogen-bond donors (Lipinski definition) is 0. The highest BCUT2D eigenvalue weighted by Crippen LogP contribution is 2.28. The molecule has 0 N–H and O–H groups in total. The first-order valence-corrected chi connectivity index (χ1v) is 5.96. The fourth-order valence-corrected chi connectivity index (χ4v) is 2.00. The summed E-state index contributed by atoms with van der Waals surface area (Å²) in [5.41, 5.74) is 2.59. The molecule has 2 aromatic rings. The second-order valence-corrected chi connectivity index (χ2v) is 4.59. The Morgan fingerprint density at radius 2 is 1.50 bits per heavy atom. The van der Waals surface area contributed by atoms with E-state index in [0.717, 1.165) is 5.92 Å². The number of hydrogen-bond acceptors (Lipinski definition) is 0. The lowest BCUT2D eigenvalue weighted by Crippen LogP contribution is -2.33. The molecule has 0 unspecified atom stereocenters. The molecule has 0 atom stereocenters. The van der Waals surface area contributed by atoms with Gasteiger partial charge in [0.2, 0.25) is 0 Å². The predicted octanol–water partition coefficient (Wildman–Crippen LogP) is 3.05. The van der Waals surface area contributed by atoms with E-state index in [1.165, 1.54) is 30.5 Å². The molecule has 3 rings (SSSR count). The minimum atomic E-state index is 0.938. The Morgan fingerprint density at radius 1 is 0.875 bits per heavy atom. The van der Waals surface area contributed by atoms with Gasteiger partial charge in [0, 0.05) is 18.1 Å². The quantitative estimate of drug-likeness (QED) is 0.685. The topological polar surface area (TPSA) is 3.88 Å². The van der Waals surface area contributed by atoms with E-state index in [4.69, 9.17) is 0 Å². The van der Waals surface area contributed by atoms with Crippen LogP contribution in [0.3, 0.4) is 0 Å². The molecule has 1 aromatic carbocycles. The molecule has 1 heteroatoms. The summed E-state index contributed by atoms with van der Waals surface area (Å²) >= 11 is 0. The van der Waals surface area contributed by atoms with Gasteiger partial charge in [-0.3, -0.25) is 0 Å². The Hall–Kier alpha value is -1.63. The van der Waals surface area contributed by atoms with Gasteiger partial charge in [-0.05, 0) is 24.0 Å². The lowest BCUT2D eigenvalue weighted by molar-refractivity contribution is -0.700. The minimum absolute atomic E-state index is 0.938. The molecule has 0 bridgehead atoms. The summed E-state index contributed by atoms with van der Waals surface area (Å²) in [5, 5.41) is 0. The molecule has 0 aliphatic heterocycles. The maximum Gasteiger partial charge on any atom is 0.169 e. The SMILES string of the molecule is c1ccc(-c2cc[n+](CC3CC3)cc2)cc1. The molecule has 16 heavy (non-hydrogen) atoms. The first-order valence-electron chi connectivity index (χ1n) is 5.96. The normalized spacial score (nSPS) is 15.0. The van der Waals surface area contributed by atoms with Crippen LogP contribution in [0.25, 0.3) is 11.1 Å². The van der Waals surface area contributed by atoms with E-state index < -0.39 is 0 Å². The second kappa shape index (κ2) is 4.09. The molecule has 1 aliphatic carbocycles. The molecule has 1 aromatic heterocycles. The van der Waals surface area contributed by atoms with Gasteiger partial charge in [-0.1, -0.05) is 30.3 Å². The number of nitrogens with zero attached hydrogens (tertiary/aromatic N) is 1. The highest BCUT2D eigenvalue weighted by Gasteiger charge is 2.25. The van der Waals surface area contributed by atoms with Gasteiger partial charge in [0.15, 0.2) is 18.9 Å². The van der Waals surface area contributed by atoms with Crippen molar-refractivity contribution >= 4 is 0 Å². The largest absolute Gasteiger partial charge is 0.205 e. The summed E-state index contributed by atoms with van der Waals surface area (Å²) in [4.78, 5) is 0. The Labute approximate surface area is 96.4 Å². The van der Waals surface area contributed by atoms with Crippen molar-refractivity contribution in [2.24, 2.45) is 5.92 Å². The van der Waals surface area contributed by atoms with Gasteiger partial charge >= 0.3 is 0 Å². The van der Waals surface area contributed by atoms with Crippen molar-refractivity contribution in [3.8, 4) is 11.1 Å². The lowest BCUT2D eigenvalue weighted by atomic mass is 10.1. The van der Waals surface area contributed by atoms with Crippen molar-refractivity contribution in [3.63, 3.8) is 0 Å². The van der Waals surface area contributed by atoms with E-state index in [9.17, 15) is 0 Å². The Bertz CT molecular complexity index is 455. The van der Waals surface area contributed by atoms with Crippen LogP contribution in [0.1, 0.15) is 12.8 Å². The highest BCUT2D eigenvalue weighted by molar-refractivity contribution is 5.61. The van der Waals surface area contributed by atoms with Gasteiger partial charge in [0.05, 0.1) is 0 Å². The van der Waals surface area contributed by atoms with Crippen molar-refractivity contribution in [2.45, 2.75) is 19.4 Å². The molecule has 1 nitrogen and oxygen atoms in total. The van der Waals surface area contributed by atoms with Crippen LogP contribution >= 0.6 is 0 Å². The van der Waals surface area contributed by atoms with Gasteiger partial charge in [-0.15, -0.1) is 0 Å². The number of pyridine rings is 1. The molecule has 1 saturated carbocycles. The Kier molecular flexibility index (Phi) is 2.45. The van der Waals surface area contributed by atoms with Gasteiger partial charge < -0.3 is 0 Å². The fourth-order valence-electron chi connectivity index (χ4n) is 2.00. The third kappa shape index (κ3) is 2.13. The fraction of sp³-hybridized carbons (Fsp3) is 0.267. The first-order chi connectivity index (χ1) is 7.92. The summed E-state index contributed by atoms with van der Waals surface area (Å²) in [6, 6.07) is 14.9. The summed E-state index contributed by atoms with van der Waals surface area (Å²) in [6.45, 7) is 1.19. The molecule has 0 amide bonds. The zero-order valence-corrected chi connectivity index (χ0v) is 9.34. The van der Waals surface area contributed by atoms with Crippen LogP contribution in [0.15, 0.2) is 54.9 Å². The lowest BCUT2D eigenvalue weighted by Gasteiger charge is -2.00. The molecule has 1 aliphatic rings. The molecule has 0 radical (unpaired) electrons. The zero-order valence-electron chi connectivity index (χ0n) is 9.34. The Balaban J connectivity index is 1.81. The van der Waals surface area contributed by atoms with Gasteiger partial charge in [-0.25, -0.2) is 4.57 Å². The van der Waals surface area contributed by atoms with E-state index >= 15 is 0 Å². The van der Waals surface area contributed by atoms with Crippen LogP contribution in [0.4, 0.5) is 0 Å². The van der Waals surface area contributed by atoms with Crippen molar-refractivity contribution in [3.05, 3.63) is 54.9 Å². The smallest absolute Gasteiger partial charge is 0.169 e. The highest BCUT2D eigenvalue weighted by atomic mass is 14.9. The van der Waals surface area contributed by atoms with Crippen LogP contribution in [-0.4, -0.2) is 0 Å². The zero-order chi connectivity index (χ0) is 10.8. The van der Waals surface area contributed by atoms with Gasteiger partial charge in [0.1, 0.15) is 0 Å². The average molecular weight is 210 g/mol. The van der Waals surface area contributed by atoms with Gasteiger partial charge in [-0.2, -0.15) is 0 Å². The molecule has 1 fully saturated rings. The van der Waals surface area contributed by atoms with E-state index in [2.05, 4.69) is 59.4 Å². The summed E-state index contributed by atoms with van der Waals surface area (Å²) in [7, 11) is 0. The van der Waals surface area contributed by atoms with Crippen molar-refractivity contribution in [1.29, 1.82) is 0 Å². The van der Waals surface area contributed by atoms with Crippen LogP contribution in [0.2, 0.25) is 0 Å². The molecule has 0 spiro atoms. The van der Waals surface area contributed by atoms with E-state index in [0.29, 0.717) is 0 Å². The second-order valence-electron chi connectivity index (χ2n) is 4.59. The maximum absolute atomic E-state index is 2.30. The van der Waals surface area contributed by atoms with Crippen LogP contribution < -0.4 is 4.57 Å². The standard InChI is InChI=1S/C15H16N/c1-2-4-14(5-3-1)15-8-10-16(11-9-15)12-13-6-7-13/h1-5,8-11,13H,6-7,12H2/q+1. The van der Waals surface area contributed by atoms with Gasteiger partial charge in [0.25, 0.3) is 0 Å². The molecule has 1 heterocycles. The molecule has 0 saturated heterocycles. The monoisotopic (exact) mass is 210 g/mol. The Morgan fingerprint density at radius 3 is 2.12 bits per heavy atom. The number of aromatic nitrogens is 1. The summed E-state index contributed by atoms with van der Waals surface area (Å²) < 4.78 is 2.30. The van der Waals surface area contributed by atoms with Crippen LogP contribution in [0.5, 0.6) is 0 Å². The number of rotatable bonds is 3. The van der Waals surface area contributed by atoms with E-state index in [-0.39, 0.29) is 0 Å². The third-order valence-corrected chi connectivity index (χ3v) is 3.16. The van der Waals surface area contributed by atoms with Crippen molar-refractivity contribution in [1.82, 2.24) is 0 Å². The minimum Gasteiger partial charge on any atom is -0.205 e. The predicted molar refractivity (Wildman–Crippen MR) is 64.8 cm³/mol. The first kappa shape index (κ1) is 9.59. The van der Waals surface area contributed by atoms with Crippen molar-refractivity contribution < 1.29 is 4.57 Å². The van der Waals surface area contributed by atoms with E-state index in [1.54, 1.807) is 0 Å². The summed E-state index contributed by atoms with van der Waals surface area (Å²) in [5.74, 6) is 0.938. The van der Waals surface area contributed by atoms with E-state index in [1.807, 2.05) is 0 Å². The average Bonchev–Trinajstić information content (AvgIpc) is 3.15. The molecular weight excluding hydrogens is 194 g/mol. The maximum atomic E-state index is 2.30. The van der Waals surface area contributed by atoms with Crippen LogP contribution in [-0.2, 0) is 6.54 Å². The number of benzene rings is 1. The van der Waals surface area contributed by atoms with Crippen molar-refractivity contribution in [2.75, 3.05) is 0 Å². The van der Waals surface area contributed by atoms with Crippen LogP contribution in [0, 0.1) is 5.92 Å². The molecular formula is C15H16N+.